The van der Waals surface area contributed by atoms with Gasteiger partial charge in [0.05, 0.1) is 19.5 Å². The van der Waals surface area contributed by atoms with Gasteiger partial charge in [0.2, 0.25) is 0 Å². The molecule has 0 aliphatic rings. The number of benzene rings is 1. The van der Waals surface area contributed by atoms with Crippen LogP contribution in [0, 0.1) is 0 Å². The summed E-state index contributed by atoms with van der Waals surface area (Å²) in [5.74, 6) is 0.777. The zero-order valence-electron chi connectivity index (χ0n) is 8.75. The molecule has 2 nitrogen and oxygen atoms in total. The van der Waals surface area contributed by atoms with Crippen molar-refractivity contribution >= 4 is 0 Å². The van der Waals surface area contributed by atoms with Crippen molar-refractivity contribution in [2.24, 2.45) is 0 Å². The lowest BCUT2D eigenvalue weighted by Crippen LogP contribution is -1.94. The van der Waals surface area contributed by atoms with Crippen LogP contribution in [-0.2, 0) is 22.5 Å². The zero-order valence-corrected chi connectivity index (χ0v) is 8.75. The molecule has 0 spiro atoms. The summed E-state index contributed by atoms with van der Waals surface area (Å²) in [6, 6.07) is 8.23. The Bertz CT molecular complexity index is 305. The molecule has 0 atom stereocenters. The minimum Gasteiger partial charge on any atom is -0.501 e. The van der Waals surface area contributed by atoms with Gasteiger partial charge < -0.3 is 9.47 Å². The molecule has 0 saturated heterocycles. The van der Waals surface area contributed by atoms with Gasteiger partial charge in [-0.25, -0.2) is 0 Å². The third-order valence-electron chi connectivity index (χ3n) is 1.99. The molecule has 0 saturated carbocycles. The van der Waals surface area contributed by atoms with Gasteiger partial charge in [-0.05, 0) is 11.1 Å². The van der Waals surface area contributed by atoms with Crippen LogP contribution in [0.4, 0.5) is 0 Å². The molecule has 1 rings (SSSR count). The van der Waals surface area contributed by atoms with Crippen LogP contribution in [0.3, 0.4) is 0 Å². The Morgan fingerprint density at radius 2 is 2.00 bits per heavy atom. The van der Waals surface area contributed by atoms with Gasteiger partial charge in [-0.15, -0.1) is 0 Å². The molecule has 0 N–H and O–H groups in total. The Hall–Kier alpha value is -1.28. The highest BCUT2D eigenvalue weighted by Crippen LogP contribution is 2.10. The zero-order chi connectivity index (χ0) is 10.4. The largest absolute Gasteiger partial charge is 0.501 e. The van der Waals surface area contributed by atoms with Crippen molar-refractivity contribution in [3.63, 3.8) is 0 Å². The van der Waals surface area contributed by atoms with Gasteiger partial charge in [0, 0.05) is 13.5 Å². The van der Waals surface area contributed by atoms with Gasteiger partial charge in [0.25, 0.3) is 0 Å². The quantitative estimate of drug-likeness (QED) is 0.667. The lowest BCUT2D eigenvalue weighted by atomic mass is 10.1. The summed E-state index contributed by atoms with van der Waals surface area (Å²) in [6.45, 7) is 4.44. The number of hydrogen-bond donors (Lipinski definition) is 0. The van der Waals surface area contributed by atoms with Crippen LogP contribution in [-0.4, -0.2) is 14.2 Å². The molecular weight excluding hydrogens is 176 g/mol. The normalized spacial score (nSPS) is 9.86. The van der Waals surface area contributed by atoms with Crippen LogP contribution in [0.25, 0.3) is 0 Å². The van der Waals surface area contributed by atoms with E-state index in [9.17, 15) is 0 Å². The lowest BCUT2D eigenvalue weighted by molar-refractivity contribution is 0.185. The first-order valence-electron chi connectivity index (χ1n) is 4.54. The molecule has 1 aromatic carbocycles. The number of methoxy groups -OCH3 is 2. The summed E-state index contributed by atoms with van der Waals surface area (Å²) in [4.78, 5) is 0. The van der Waals surface area contributed by atoms with Gasteiger partial charge in [-0.1, -0.05) is 30.8 Å². The smallest absolute Gasteiger partial charge is 0.0927 e. The van der Waals surface area contributed by atoms with E-state index in [2.05, 4.69) is 18.7 Å². The van der Waals surface area contributed by atoms with Crippen LogP contribution in [0.15, 0.2) is 36.6 Å². The Labute approximate surface area is 85.2 Å². The van der Waals surface area contributed by atoms with Crippen LogP contribution >= 0.6 is 0 Å². The molecule has 0 aliphatic carbocycles. The fourth-order valence-electron chi connectivity index (χ4n) is 1.30. The SMILES string of the molecule is C=C(Cc1cccc(COC)c1)OC. The summed E-state index contributed by atoms with van der Waals surface area (Å²) in [6.07, 6.45) is 0.758. The van der Waals surface area contributed by atoms with E-state index in [0.29, 0.717) is 6.61 Å². The van der Waals surface area contributed by atoms with Crippen molar-refractivity contribution in [3.8, 4) is 0 Å². The first-order valence-corrected chi connectivity index (χ1v) is 4.54. The summed E-state index contributed by atoms with van der Waals surface area (Å²) in [5, 5.41) is 0. The van der Waals surface area contributed by atoms with Crippen LogP contribution < -0.4 is 0 Å². The molecule has 1 aromatic rings. The lowest BCUT2D eigenvalue weighted by Gasteiger charge is -2.06. The average molecular weight is 192 g/mol. The molecule has 76 valence electrons. The van der Waals surface area contributed by atoms with E-state index >= 15 is 0 Å². The maximum Gasteiger partial charge on any atom is 0.0927 e. The topological polar surface area (TPSA) is 18.5 Å². The van der Waals surface area contributed by atoms with E-state index in [4.69, 9.17) is 9.47 Å². The predicted octanol–water partition coefficient (Wildman–Crippen LogP) is 2.54. The minimum atomic E-state index is 0.646. The van der Waals surface area contributed by atoms with Crippen molar-refractivity contribution in [3.05, 3.63) is 47.7 Å². The van der Waals surface area contributed by atoms with E-state index in [1.165, 1.54) is 11.1 Å². The second-order valence-corrected chi connectivity index (χ2v) is 3.17. The Kier molecular flexibility index (Phi) is 4.20. The highest BCUT2D eigenvalue weighted by Gasteiger charge is 1.98. The molecule has 0 aromatic heterocycles. The standard InChI is InChI=1S/C12H16O2/c1-10(14-3)7-11-5-4-6-12(8-11)9-13-2/h4-6,8H,1,7,9H2,2-3H3. The monoisotopic (exact) mass is 192 g/mol. The fraction of sp³-hybridized carbons (Fsp3) is 0.333. The molecule has 0 unspecified atom stereocenters. The van der Waals surface area contributed by atoms with E-state index in [0.717, 1.165) is 12.2 Å². The van der Waals surface area contributed by atoms with Gasteiger partial charge in [-0.2, -0.15) is 0 Å². The van der Waals surface area contributed by atoms with Gasteiger partial charge in [0.15, 0.2) is 0 Å². The Morgan fingerprint density at radius 1 is 1.29 bits per heavy atom. The molecule has 2 heteroatoms. The van der Waals surface area contributed by atoms with E-state index in [-0.39, 0.29) is 0 Å². The van der Waals surface area contributed by atoms with Crippen molar-refractivity contribution in [2.45, 2.75) is 13.0 Å². The number of rotatable bonds is 5. The second-order valence-electron chi connectivity index (χ2n) is 3.17. The molecule has 0 amide bonds. The van der Waals surface area contributed by atoms with Crippen molar-refractivity contribution in [1.82, 2.24) is 0 Å². The summed E-state index contributed by atoms with van der Waals surface area (Å²) in [7, 11) is 3.34. The molecule has 0 heterocycles. The summed E-state index contributed by atoms with van der Waals surface area (Å²) >= 11 is 0. The Balaban J connectivity index is 2.68. The van der Waals surface area contributed by atoms with Gasteiger partial charge >= 0.3 is 0 Å². The third kappa shape index (κ3) is 3.23. The van der Waals surface area contributed by atoms with Gasteiger partial charge in [-0.3, -0.25) is 0 Å². The predicted molar refractivity (Wildman–Crippen MR) is 57.0 cm³/mol. The highest BCUT2D eigenvalue weighted by molar-refractivity contribution is 5.25. The van der Waals surface area contributed by atoms with Crippen LogP contribution in [0.1, 0.15) is 11.1 Å². The molecule has 0 radical (unpaired) electrons. The molecular formula is C12H16O2. The maximum atomic E-state index is 5.06. The Morgan fingerprint density at radius 3 is 2.64 bits per heavy atom. The number of ether oxygens (including phenoxy) is 2. The van der Waals surface area contributed by atoms with Gasteiger partial charge in [0.1, 0.15) is 0 Å². The number of hydrogen-bond acceptors (Lipinski definition) is 2. The second kappa shape index (κ2) is 5.45. The first kappa shape index (κ1) is 10.8. The minimum absolute atomic E-state index is 0.646. The van der Waals surface area contributed by atoms with Crippen molar-refractivity contribution in [2.75, 3.05) is 14.2 Å². The van der Waals surface area contributed by atoms with Crippen LogP contribution in [0.2, 0.25) is 0 Å². The van der Waals surface area contributed by atoms with Crippen LogP contribution in [0.5, 0.6) is 0 Å². The average Bonchev–Trinajstić information content (AvgIpc) is 2.19. The van der Waals surface area contributed by atoms with Crippen molar-refractivity contribution in [1.29, 1.82) is 0 Å². The molecule has 14 heavy (non-hydrogen) atoms. The summed E-state index contributed by atoms with van der Waals surface area (Å²) in [5.41, 5.74) is 2.38. The molecule has 0 aliphatic heterocycles. The van der Waals surface area contributed by atoms with E-state index in [1.807, 2.05) is 12.1 Å². The number of allylic oxidation sites excluding steroid dienone is 1. The van der Waals surface area contributed by atoms with E-state index in [1.54, 1.807) is 14.2 Å². The highest BCUT2D eigenvalue weighted by atomic mass is 16.5. The fourth-order valence-corrected chi connectivity index (χ4v) is 1.30. The first-order chi connectivity index (χ1) is 6.76. The van der Waals surface area contributed by atoms with E-state index < -0.39 is 0 Å². The molecule has 0 fully saturated rings. The summed E-state index contributed by atoms with van der Waals surface area (Å²) < 4.78 is 10.1. The maximum absolute atomic E-state index is 5.06. The van der Waals surface area contributed by atoms with Crippen molar-refractivity contribution < 1.29 is 9.47 Å². The molecule has 0 bridgehead atoms. The third-order valence-corrected chi connectivity index (χ3v) is 1.99.